The lowest BCUT2D eigenvalue weighted by molar-refractivity contribution is -0.141. The third kappa shape index (κ3) is 2.30. The van der Waals surface area contributed by atoms with Gasteiger partial charge in [0.15, 0.2) is 0 Å². The van der Waals surface area contributed by atoms with Crippen LogP contribution in [0.3, 0.4) is 0 Å². The second-order valence-electron chi connectivity index (χ2n) is 4.14. The Bertz CT molecular complexity index is 446. The molecule has 1 aromatic rings. The Balaban J connectivity index is 2.25. The Labute approximate surface area is 105 Å². The lowest BCUT2D eigenvalue weighted by Crippen LogP contribution is -2.37. The van der Waals surface area contributed by atoms with E-state index in [2.05, 4.69) is 4.74 Å². The normalized spacial score (nSPS) is 22.8. The first-order valence-corrected chi connectivity index (χ1v) is 5.75. The summed E-state index contributed by atoms with van der Waals surface area (Å²) in [5.41, 5.74) is 0.723. The summed E-state index contributed by atoms with van der Waals surface area (Å²) in [7, 11) is 1.33. The van der Waals surface area contributed by atoms with Crippen LogP contribution in [0.4, 0.5) is 10.5 Å². The zero-order valence-electron chi connectivity index (χ0n) is 10.3. The number of carbonyl (C=O) groups excluding carboxylic acids is 2. The van der Waals surface area contributed by atoms with Crippen molar-refractivity contribution in [2.24, 2.45) is 0 Å². The van der Waals surface area contributed by atoms with Gasteiger partial charge in [0.25, 0.3) is 0 Å². The summed E-state index contributed by atoms with van der Waals surface area (Å²) >= 11 is 0. The van der Waals surface area contributed by atoms with E-state index in [9.17, 15) is 9.59 Å². The number of nitrogens with zero attached hydrogens (tertiary/aromatic N) is 1. The molecular formula is C13H15NO4. The Morgan fingerprint density at radius 2 is 2.06 bits per heavy atom. The maximum atomic E-state index is 11.8. The standard InChI is InChI=1S/C13H15NO4/c1-9-11(8-12(15)17-2)14(13(16)18-9)10-6-4-3-5-7-10/h3-7,9,11H,8H2,1-2H3/t9-,11-/m0/s1. The average Bonchev–Trinajstić information content (AvgIpc) is 2.65. The van der Waals surface area contributed by atoms with Crippen molar-refractivity contribution in [1.29, 1.82) is 0 Å². The van der Waals surface area contributed by atoms with Gasteiger partial charge in [0.1, 0.15) is 6.10 Å². The van der Waals surface area contributed by atoms with Crippen LogP contribution < -0.4 is 4.90 Å². The Hall–Kier alpha value is -2.04. The lowest BCUT2D eigenvalue weighted by atomic mass is 10.1. The topological polar surface area (TPSA) is 55.8 Å². The molecular weight excluding hydrogens is 234 g/mol. The molecule has 1 fully saturated rings. The molecule has 0 unspecified atom stereocenters. The van der Waals surface area contributed by atoms with Crippen molar-refractivity contribution in [3.63, 3.8) is 0 Å². The van der Waals surface area contributed by atoms with Crippen molar-refractivity contribution < 1.29 is 19.1 Å². The molecule has 1 aromatic carbocycles. The van der Waals surface area contributed by atoms with E-state index in [1.54, 1.807) is 6.92 Å². The zero-order valence-corrected chi connectivity index (χ0v) is 10.3. The van der Waals surface area contributed by atoms with Gasteiger partial charge in [-0.1, -0.05) is 18.2 Å². The number of anilines is 1. The molecule has 1 aliphatic heterocycles. The Morgan fingerprint density at radius 3 is 2.67 bits per heavy atom. The fourth-order valence-corrected chi connectivity index (χ4v) is 2.04. The van der Waals surface area contributed by atoms with Gasteiger partial charge in [-0.2, -0.15) is 0 Å². The summed E-state index contributed by atoms with van der Waals surface area (Å²) in [5, 5.41) is 0. The molecule has 2 atom stereocenters. The quantitative estimate of drug-likeness (QED) is 0.768. The number of para-hydroxylation sites is 1. The fraction of sp³-hybridized carbons (Fsp3) is 0.385. The third-order valence-corrected chi connectivity index (χ3v) is 2.99. The number of ether oxygens (including phenoxy) is 2. The summed E-state index contributed by atoms with van der Waals surface area (Å²) < 4.78 is 9.81. The highest BCUT2D eigenvalue weighted by Gasteiger charge is 2.41. The molecule has 18 heavy (non-hydrogen) atoms. The summed E-state index contributed by atoms with van der Waals surface area (Å²) in [4.78, 5) is 24.7. The van der Waals surface area contributed by atoms with Gasteiger partial charge >= 0.3 is 12.1 Å². The van der Waals surface area contributed by atoms with Crippen molar-refractivity contribution >= 4 is 17.7 Å². The van der Waals surface area contributed by atoms with Crippen molar-refractivity contribution in [1.82, 2.24) is 0 Å². The monoisotopic (exact) mass is 249 g/mol. The second kappa shape index (κ2) is 5.08. The molecule has 0 aromatic heterocycles. The van der Waals surface area contributed by atoms with E-state index in [0.29, 0.717) is 0 Å². The maximum absolute atomic E-state index is 11.8. The van der Waals surface area contributed by atoms with Crippen LogP contribution in [0.25, 0.3) is 0 Å². The van der Waals surface area contributed by atoms with Gasteiger partial charge in [-0.25, -0.2) is 4.79 Å². The smallest absolute Gasteiger partial charge is 0.415 e. The minimum absolute atomic E-state index is 0.123. The van der Waals surface area contributed by atoms with E-state index >= 15 is 0 Å². The molecule has 0 radical (unpaired) electrons. The molecule has 0 bridgehead atoms. The maximum Gasteiger partial charge on any atom is 0.415 e. The number of hydrogen-bond acceptors (Lipinski definition) is 4. The SMILES string of the molecule is COC(=O)C[C@H]1[C@H](C)OC(=O)N1c1ccccc1. The number of amides is 1. The van der Waals surface area contributed by atoms with Crippen LogP contribution in [0.15, 0.2) is 30.3 Å². The molecule has 1 saturated heterocycles. The molecule has 0 aliphatic carbocycles. The van der Waals surface area contributed by atoms with E-state index in [4.69, 9.17) is 4.74 Å². The Kier molecular flexibility index (Phi) is 3.50. The van der Waals surface area contributed by atoms with Crippen LogP contribution in [-0.2, 0) is 14.3 Å². The highest BCUT2D eigenvalue weighted by molar-refractivity contribution is 5.91. The first kappa shape index (κ1) is 12.4. The van der Waals surface area contributed by atoms with Crippen LogP contribution in [0.1, 0.15) is 13.3 Å². The number of hydrogen-bond donors (Lipinski definition) is 0. The van der Waals surface area contributed by atoms with Crippen LogP contribution >= 0.6 is 0 Å². The minimum atomic E-state index is -0.428. The molecule has 0 spiro atoms. The molecule has 0 N–H and O–H groups in total. The van der Waals surface area contributed by atoms with E-state index in [1.807, 2.05) is 30.3 Å². The average molecular weight is 249 g/mol. The highest BCUT2D eigenvalue weighted by Crippen LogP contribution is 2.28. The molecule has 0 saturated carbocycles. The molecule has 96 valence electrons. The molecule has 5 nitrogen and oxygen atoms in total. The first-order valence-electron chi connectivity index (χ1n) is 5.75. The molecule has 2 rings (SSSR count). The van der Waals surface area contributed by atoms with Crippen molar-refractivity contribution in [3.05, 3.63) is 30.3 Å². The summed E-state index contributed by atoms with van der Waals surface area (Å²) in [6.45, 7) is 1.77. The Morgan fingerprint density at radius 1 is 1.39 bits per heavy atom. The summed E-state index contributed by atoms with van der Waals surface area (Å²) in [6.07, 6.45) is -0.641. The number of esters is 1. The molecule has 1 amide bonds. The van der Waals surface area contributed by atoms with Gasteiger partial charge in [-0.3, -0.25) is 9.69 Å². The van der Waals surface area contributed by atoms with Crippen LogP contribution in [0.2, 0.25) is 0 Å². The number of carbonyl (C=O) groups is 2. The summed E-state index contributed by atoms with van der Waals surface area (Å²) in [6, 6.07) is 8.82. The van der Waals surface area contributed by atoms with Gasteiger partial charge in [-0.15, -0.1) is 0 Å². The number of rotatable bonds is 3. The molecule has 1 aliphatic rings. The minimum Gasteiger partial charge on any atom is -0.469 e. The molecule has 5 heteroatoms. The van der Waals surface area contributed by atoms with E-state index < -0.39 is 6.09 Å². The van der Waals surface area contributed by atoms with Crippen molar-refractivity contribution in [3.8, 4) is 0 Å². The van der Waals surface area contributed by atoms with Crippen molar-refractivity contribution in [2.75, 3.05) is 12.0 Å². The molecule has 1 heterocycles. The van der Waals surface area contributed by atoms with Gasteiger partial charge in [0.05, 0.1) is 19.6 Å². The largest absolute Gasteiger partial charge is 0.469 e. The predicted octanol–water partition coefficient (Wildman–Crippen LogP) is 1.96. The zero-order chi connectivity index (χ0) is 13.1. The van der Waals surface area contributed by atoms with E-state index in [0.717, 1.165) is 5.69 Å². The number of benzene rings is 1. The van der Waals surface area contributed by atoms with Gasteiger partial charge in [-0.05, 0) is 19.1 Å². The van der Waals surface area contributed by atoms with Crippen LogP contribution in [0.5, 0.6) is 0 Å². The highest BCUT2D eigenvalue weighted by atomic mass is 16.6. The van der Waals surface area contributed by atoms with Crippen LogP contribution in [0, 0.1) is 0 Å². The van der Waals surface area contributed by atoms with Crippen LogP contribution in [-0.4, -0.2) is 31.3 Å². The van der Waals surface area contributed by atoms with Crippen molar-refractivity contribution in [2.45, 2.75) is 25.5 Å². The second-order valence-corrected chi connectivity index (χ2v) is 4.14. The summed E-state index contributed by atoms with van der Waals surface area (Å²) in [5.74, 6) is -0.355. The first-order chi connectivity index (χ1) is 8.63. The number of cyclic esters (lactones) is 1. The number of methoxy groups -OCH3 is 1. The van der Waals surface area contributed by atoms with Gasteiger partial charge < -0.3 is 9.47 Å². The van der Waals surface area contributed by atoms with E-state index in [1.165, 1.54) is 12.0 Å². The predicted molar refractivity (Wildman–Crippen MR) is 65.3 cm³/mol. The van der Waals surface area contributed by atoms with Gasteiger partial charge in [0.2, 0.25) is 0 Å². The lowest BCUT2D eigenvalue weighted by Gasteiger charge is -2.22. The third-order valence-electron chi connectivity index (χ3n) is 2.99. The van der Waals surface area contributed by atoms with Gasteiger partial charge in [0, 0.05) is 5.69 Å². The fourth-order valence-electron chi connectivity index (χ4n) is 2.04. The van der Waals surface area contributed by atoms with E-state index in [-0.39, 0.29) is 24.5 Å².